The van der Waals surface area contributed by atoms with Gasteiger partial charge in [-0.15, -0.1) is 11.6 Å². The van der Waals surface area contributed by atoms with Gasteiger partial charge in [-0.05, 0) is 63.6 Å². The van der Waals surface area contributed by atoms with Gasteiger partial charge in [-0.2, -0.15) is 0 Å². The first kappa shape index (κ1) is 29.7. The van der Waals surface area contributed by atoms with Crippen molar-refractivity contribution in [3.8, 4) is 11.3 Å². The topological polar surface area (TPSA) is 105 Å². The second kappa shape index (κ2) is 12.5. The van der Waals surface area contributed by atoms with Gasteiger partial charge in [-0.3, -0.25) is 14.6 Å². The second-order valence-electron chi connectivity index (χ2n) is 10.0. The quantitative estimate of drug-likeness (QED) is 0.380. The standard InChI is InChI=1S/C28H33ClFN5O4S/c1-19(2)35(28(37)21-8-10-33(11-9-21)27(36)14-29)22-13-23(17-32-16-22)40(38,39)34-18-20(15-31-3)12-26(34)24-6-4-5-7-25(24)30/h4-7,12-13,16-19,21,31H,8-11,14-15H2,1-3H3. The molecule has 0 radical (unpaired) electrons. The van der Waals surface area contributed by atoms with E-state index in [0.717, 1.165) is 3.97 Å². The van der Waals surface area contributed by atoms with Crippen LogP contribution in [0.25, 0.3) is 11.3 Å². The van der Waals surface area contributed by atoms with E-state index in [1.165, 1.54) is 36.8 Å². The van der Waals surface area contributed by atoms with Gasteiger partial charge < -0.3 is 15.1 Å². The summed E-state index contributed by atoms with van der Waals surface area (Å²) in [6, 6.07) is 8.77. The monoisotopic (exact) mass is 589 g/mol. The van der Waals surface area contributed by atoms with Gasteiger partial charge >= 0.3 is 0 Å². The zero-order chi connectivity index (χ0) is 29.0. The fraction of sp³-hybridized carbons (Fsp3) is 0.393. The first-order valence-corrected chi connectivity index (χ1v) is 15.0. The van der Waals surface area contributed by atoms with Crippen LogP contribution in [0.4, 0.5) is 10.1 Å². The molecule has 214 valence electrons. The second-order valence-corrected chi connectivity index (χ2v) is 12.1. The molecule has 1 saturated heterocycles. The molecule has 1 aliphatic heterocycles. The minimum Gasteiger partial charge on any atom is -0.342 e. The van der Waals surface area contributed by atoms with Crippen LogP contribution in [0.3, 0.4) is 0 Å². The van der Waals surface area contributed by atoms with E-state index in [1.54, 1.807) is 35.0 Å². The van der Waals surface area contributed by atoms with Crippen LogP contribution in [0.1, 0.15) is 32.3 Å². The number of pyridine rings is 1. The molecule has 0 atom stereocenters. The molecule has 0 bridgehead atoms. The lowest BCUT2D eigenvalue weighted by atomic mass is 9.94. The van der Waals surface area contributed by atoms with Gasteiger partial charge in [0, 0.05) is 49.6 Å². The Morgan fingerprint density at radius 3 is 2.50 bits per heavy atom. The molecule has 4 rings (SSSR count). The number of piperidine rings is 1. The smallest absolute Gasteiger partial charge is 0.269 e. The number of aromatic nitrogens is 2. The average Bonchev–Trinajstić information content (AvgIpc) is 3.37. The van der Waals surface area contributed by atoms with Gasteiger partial charge in [0.25, 0.3) is 10.0 Å². The lowest BCUT2D eigenvalue weighted by Gasteiger charge is -2.35. The molecule has 0 unspecified atom stereocenters. The third-order valence-corrected chi connectivity index (χ3v) is 8.84. The molecule has 12 heteroatoms. The van der Waals surface area contributed by atoms with Crippen LogP contribution in [-0.2, 0) is 26.2 Å². The zero-order valence-corrected chi connectivity index (χ0v) is 24.3. The maximum Gasteiger partial charge on any atom is 0.269 e. The van der Waals surface area contributed by atoms with Gasteiger partial charge in [0.2, 0.25) is 11.8 Å². The van der Waals surface area contributed by atoms with Crippen LogP contribution < -0.4 is 10.2 Å². The molecule has 1 N–H and O–H groups in total. The van der Waals surface area contributed by atoms with E-state index >= 15 is 0 Å². The van der Waals surface area contributed by atoms with Crippen molar-refractivity contribution in [1.29, 1.82) is 0 Å². The van der Waals surface area contributed by atoms with Crippen molar-refractivity contribution < 1.29 is 22.4 Å². The number of amides is 2. The SMILES string of the molecule is CNCc1cc(-c2ccccc2F)n(S(=O)(=O)c2cncc(N(C(=O)C3CCN(C(=O)CCl)CC3)C(C)C)c2)c1. The van der Waals surface area contributed by atoms with E-state index in [0.29, 0.717) is 43.7 Å². The Morgan fingerprint density at radius 1 is 1.18 bits per heavy atom. The summed E-state index contributed by atoms with van der Waals surface area (Å²) in [5.41, 5.74) is 1.33. The Bertz CT molecular complexity index is 1490. The summed E-state index contributed by atoms with van der Waals surface area (Å²) in [6.07, 6.45) is 5.12. The van der Waals surface area contributed by atoms with Gasteiger partial charge in [0.05, 0.1) is 17.6 Å². The minimum absolute atomic E-state index is 0.0971. The third-order valence-electron chi connectivity index (χ3n) is 6.97. The summed E-state index contributed by atoms with van der Waals surface area (Å²) >= 11 is 5.68. The summed E-state index contributed by atoms with van der Waals surface area (Å²) in [4.78, 5) is 32.8. The van der Waals surface area contributed by atoms with Crippen molar-refractivity contribution in [1.82, 2.24) is 19.2 Å². The predicted octanol–water partition coefficient (Wildman–Crippen LogP) is 3.86. The number of anilines is 1. The van der Waals surface area contributed by atoms with Crippen LogP contribution in [0, 0.1) is 11.7 Å². The molecule has 0 spiro atoms. The van der Waals surface area contributed by atoms with Gasteiger partial charge in [-0.25, -0.2) is 16.8 Å². The Morgan fingerprint density at radius 2 is 1.88 bits per heavy atom. The normalized spacial score (nSPS) is 14.5. The van der Waals surface area contributed by atoms with Crippen molar-refractivity contribution in [3.05, 3.63) is 66.4 Å². The van der Waals surface area contributed by atoms with Crippen LogP contribution in [0.2, 0.25) is 0 Å². The molecule has 3 heterocycles. The van der Waals surface area contributed by atoms with Crippen molar-refractivity contribution in [3.63, 3.8) is 0 Å². The molecule has 1 aliphatic rings. The Hall–Kier alpha value is -3.28. The number of likely N-dealkylation sites (tertiary alicyclic amines) is 1. The van der Waals surface area contributed by atoms with E-state index in [4.69, 9.17) is 11.6 Å². The number of hydrogen-bond acceptors (Lipinski definition) is 6. The molecule has 1 fully saturated rings. The summed E-state index contributed by atoms with van der Waals surface area (Å²) in [7, 11) is -2.48. The van der Waals surface area contributed by atoms with E-state index in [1.807, 2.05) is 13.8 Å². The van der Waals surface area contributed by atoms with Crippen molar-refractivity contribution in [2.45, 2.75) is 44.2 Å². The Labute approximate surface area is 239 Å². The van der Waals surface area contributed by atoms with Crippen molar-refractivity contribution >= 4 is 39.1 Å². The van der Waals surface area contributed by atoms with Crippen LogP contribution >= 0.6 is 11.6 Å². The highest BCUT2D eigenvalue weighted by Gasteiger charge is 2.33. The number of alkyl halides is 1. The fourth-order valence-electron chi connectivity index (χ4n) is 4.99. The highest BCUT2D eigenvalue weighted by molar-refractivity contribution is 7.90. The maximum atomic E-state index is 14.7. The van der Waals surface area contributed by atoms with E-state index in [9.17, 15) is 22.4 Å². The summed E-state index contributed by atoms with van der Waals surface area (Å²) in [6.45, 7) is 4.94. The van der Waals surface area contributed by atoms with E-state index in [2.05, 4.69) is 10.3 Å². The largest absolute Gasteiger partial charge is 0.342 e. The molecular formula is C28H33ClFN5O4S. The molecule has 0 saturated carbocycles. The van der Waals surface area contributed by atoms with Gasteiger partial charge in [0.15, 0.2) is 0 Å². The predicted molar refractivity (Wildman–Crippen MR) is 152 cm³/mol. The number of nitrogens with one attached hydrogen (secondary N) is 1. The molecule has 2 aromatic heterocycles. The highest BCUT2D eigenvalue weighted by atomic mass is 35.5. The van der Waals surface area contributed by atoms with Crippen LogP contribution in [-0.4, -0.2) is 66.1 Å². The number of carbonyl (C=O) groups excluding carboxylic acids is 2. The number of hydrogen-bond donors (Lipinski definition) is 1. The first-order chi connectivity index (χ1) is 19.1. The number of nitrogens with zero attached hydrogens (tertiary/aromatic N) is 4. The molecular weight excluding hydrogens is 557 g/mol. The molecule has 2 amide bonds. The lowest BCUT2D eigenvalue weighted by Crippen LogP contribution is -2.47. The number of carbonyl (C=O) groups is 2. The summed E-state index contributed by atoms with van der Waals surface area (Å²) in [5, 5.41) is 2.99. The molecule has 9 nitrogen and oxygen atoms in total. The number of halogens is 2. The number of benzene rings is 1. The third kappa shape index (κ3) is 6.06. The molecule has 3 aromatic rings. The highest BCUT2D eigenvalue weighted by Crippen LogP contribution is 2.31. The van der Waals surface area contributed by atoms with E-state index in [-0.39, 0.29) is 45.8 Å². The maximum absolute atomic E-state index is 14.7. The van der Waals surface area contributed by atoms with E-state index < -0.39 is 15.8 Å². The molecule has 0 aliphatic carbocycles. The van der Waals surface area contributed by atoms with Gasteiger partial charge in [-0.1, -0.05) is 12.1 Å². The minimum atomic E-state index is -4.22. The van der Waals surface area contributed by atoms with Crippen LogP contribution in [0.5, 0.6) is 0 Å². The Kier molecular flexibility index (Phi) is 9.27. The van der Waals surface area contributed by atoms with Crippen molar-refractivity contribution in [2.24, 2.45) is 5.92 Å². The molecule has 40 heavy (non-hydrogen) atoms. The number of rotatable bonds is 9. The van der Waals surface area contributed by atoms with Gasteiger partial charge in [0.1, 0.15) is 16.6 Å². The van der Waals surface area contributed by atoms with Crippen molar-refractivity contribution in [2.75, 3.05) is 30.9 Å². The summed E-state index contributed by atoms with van der Waals surface area (Å²) in [5.74, 6) is -1.29. The average molecular weight is 590 g/mol. The lowest BCUT2D eigenvalue weighted by molar-refractivity contribution is -0.132. The first-order valence-electron chi connectivity index (χ1n) is 13.1. The Balaban J connectivity index is 1.69. The fourth-order valence-corrected chi connectivity index (χ4v) is 6.54. The zero-order valence-electron chi connectivity index (χ0n) is 22.7. The summed E-state index contributed by atoms with van der Waals surface area (Å²) < 4.78 is 43.7. The van der Waals surface area contributed by atoms with Crippen LogP contribution in [0.15, 0.2) is 59.9 Å². The molecule has 1 aromatic carbocycles.